The van der Waals surface area contributed by atoms with Crippen LogP contribution in [0.1, 0.15) is 31.1 Å². The minimum absolute atomic E-state index is 0.00611. The summed E-state index contributed by atoms with van der Waals surface area (Å²) in [6.07, 6.45) is 1.69. The van der Waals surface area contributed by atoms with Gasteiger partial charge in [-0.1, -0.05) is 18.2 Å². The van der Waals surface area contributed by atoms with E-state index in [-0.39, 0.29) is 10.8 Å². The van der Waals surface area contributed by atoms with Gasteiger partial charge in [0, 0.05) is 48.5 Å². The SMILES string of the molecule is CN1CCN(C(=O)c2cccc(Nc3ncc4ccc(-c5cccc(S(=O)(=O)NC(C)(C)C)c5)n4n3)c2)CC1. The van der Waals surface area contributed by atoms with Gasteiger partial charge in [-0.25, -0.2) is 22.6 Å². The first-order valence-corrected chi connectivity index (χ1v) is 14.3. The Morgan fingerprint density at radius 2 is 1.69 bits per heavy atom. The highest BCUT2D eigenvalue weighted by Gasteiger charge is 2.23. The van der Waals surface area contributed by atoms with Crippen molar-refractivity contribution in [3.63, 3.8) is 0 Å². The van der Waals surface area contributed by atoms with Crippen molar-refractivity contribution in [1.29, 1.82) is 0 Å². The number of aromatic nitrogens is 3. The second kappa shape index (κ2) is 10.4. The van der Waals surface area contributed by atoms with Crippen LogP contribution in [0.2, 0.25) is 0 Å². The number of fused-ring (bicyclic) bond motifs is 1. The summed E-state index contributed by atoms with van der Waals surface area (Å²) in [4.78, 5) is 21.7. The Morgan fingerprint density at radius 1 is 0.949 bits per heavy atom. The zero-order valence-electron chi connectivity index (χ0n) is 22.5. The van der Waals surface area contributed by atoms with Crippen LogP contribution >= 0.6 is 0 Å². The number of rotatable bonds is 6. The fourth-order valence-electron chi connectivity index (χ4n) is 4.51. The Balaban J connectivity index is 1.40. The highest BCUT2D eigenvalue weighted by Crippen LogP contribution is 2.26. The van der Waals surface area contributed by atoms with E-state index in [1.54, 1.807) is 55.7 Å². The largest absolute Gasteiger partial charge is 0.336 e. The monoisotopic (exact) mass is 547 g/mol. The molecular formula is C28H33N7O3S. The third kappa shape index (κ3) is 6.11. The molecule has 0 aliphatic carbocycles. The molecule has 0 spiro atoms. The quantitative estimate of drug-likeness (QED) is 0.379. The molecule has 1 aliphatic heterocycles. The lowest BCUT2D eigenvalue weighted by Gasteiger charge is -2.32. The van der Waals surface area contributed by atoms with Crippen LogP contribution in [0.15, 0.2) is 71.8 Å². The van der Waals surface area contributed by atoms with Crippen LogP contribution in [0.5, 0.6) is 0 Å². The number of anilines is 2. The normalized spacial score (nSPS) is 15.0. The molecule has 10 nitrogen and oxygen atoms in total. The second-order valence-corrected chi connectivity index (χ2v) is 12.5. The van der Waals surface area contributed by atoms with Gasteiger partial charge in [-0.05, 0) is 70.3 Å². The van der Waals surface area contributed by atoms with E-state index in [2.05, 4.69) is 32.1 Å². The van der Waals surface area contributed by atoms with Gasteiger partial charge in [0.1, 0.15) is 0 Å². The van der Waals surface area contributed by atoms with E-state index >= 15 is 0 Å². The van der Waals surface area contributed by atoms with Crippen LogP contribution in [0.3, 0.4) is 0 Å². The summed E-state index contributed by atoms with van der Waals surface area (Å²) in [5.41, 5.74) is 2.89. The number of nitrogens with zero attached hydrogens (tertiary/aromatic N) is 5. The number of hydrogen-bond donors (Lipinski definition) is 2. The van der Waals surface area contributed by atoms with E-state index in [0.717, 1.165) is 24.3 Å². The first kappa shape index (κ1) is 26.8. The highest BCUT2D eigenvalue weighted by atomic mass is 32.2. The molecule has 0 saturated carbocycles. The van der Waals surface area contributed by atoms with Gasteiger partial charge in [0.05, 0.1) is 22.3 Å². The molecule has 0 atom stereocenters. The van der Waals surface area contributed by atoms with Crippen LogP contribution < -0.4 is 10.0 Å². The van der Waals surface area contributed by atoms with Gasteiger partial charge >= 0.3 is 0 Å². The van der Waals surface area contributed by atoms with Crippen molar-refractivity contribution < 1.29 is 13.2 Å². The molecule has 4 aromatic rings. The lowest BCUT2D eigenvalue weighted by molar-refractivity contribution is 0.0664. The molecule has 1 saturated heterocycles. The van der Waals surface area contributed by atoms with E-state index in [1.165, 1.54) is 0 Å². The molecule has 2 aromatic heterocycles. The number of carbonyl (C=O) groups is 1. The molecule has 2 N–H and O–H groups in total. The minimum Gasteiger partial charge on any atom is -0.336 e. The summed E-state index contributed by atoms with van der Waals surface area (Å²) in [6, 6.07) is 17.9. The third-order valence-corrected chi connectivity index (χ3v) is 8.19. The number of likely N-dealkylation sites (N-methyl/N-ethyl adjacent to an activating group) is 1. The topological polar surface area (TPSA) is 112 Å². The van der Waals surface area contributed by atoms with Crippen LogP contribution in [0, 0.1) is 0 Å². The van der Waals surface area contributed by atoms with Crippen molar-refractivity contribution in [2.45, 2.75) is 31.2 Å². The smallest absolute Gasteiger partial charge is 0.254 e. The molecule has 5 rings (SSSR count). The Morgan fingerprint density at radius 3 is 2.44 bits per heavy atom. The molecule has 1 aliphatic rings. The van der Waals surface area contributed by atoms with Crippen LogP contribution in [-0.4, -0.2) is 77.5 Å². The Hall–Kier alpha value is -3.80. The maximum atomic E-state index is 13.0. The molecule has 2 aromatic carbocycles. The summed E-state index contributed by atoms with van der Waals surface area (Å²) in [5.74, 6) is 0.355. The van der Waals surface area contributed by atoms with Crippen molar-refractivity contribution in [3.8, 4) is 11.3 Å². The Kier molecular flexibility index (Phi) is 7.15. The molecule has 11 heteroatoms. The summed E-state index contributed by atoms with van der Waals surface area (Å²) in [7, 11) is -1.64. The fraction of sp³-hybridized carbons (Fsp3) is 0.321. The second-order valence-electron chi connectivity index (χ2n) is 10.8. The number of nitrogens with one attached hydrogen (secondary N) is 2. The van der Waals surface area contributed by atoms with Crippen molar-refractivity contribution in [2.75, 3.05) is 38.5 Å². The molecular weight excluding hydrogens is 514 g/mol. The number of carbonyl (C=O) groups excluding carboxylic acids is 1. The molecule has 3 heterocycles. The van der Waals surface area contributed by atoms with Gasteiger partial charge in [0.2, 0.25) is 16.0 Å². The van der Waals surface area contributed by atoms with Crippen molar-refractivity contribution in [1.82, 2.24) is 29.1 Å². The zero-order valence-corrected chi connectivity index (χ0v) is 23.4. The standard InChI is InChI=1S/C28H33N7O3S/c1-28(2,3)32-39(37,38)24-10-6-7-20(18-24)25-12-11-23-19-29-27(31-35(23)25)30-22-9-5-8-21(17-22)26(36)34-15-13-33(4)14-16-34/h5-12,17-19,32H,13-16H2,1-4H3,(H,30,31). The van der Waals surface area contributed by atoms with Gasteiger partial charge in [-0.2, -0.15) is 0 Å². The predicted molar refractivity (Wildman–Crippen MR) is 152 cm³/mol. The number of amides is 1. The maximum absolute atomic E-state index is 13.0. The third-order valence-electron chi connectivity index (χ3n) is 6.44. The zero-order chi connectivity index (χ0) is 27.8. The van der Waals surface area contributed by atoms with E-state index in [1.807, 2.05) is 41.3 Å². The van der Waals surface area contributed by atoms with E-state index < -0.39 is 15.6 Å². The minimum atomic E-state index is -3.69. The molecule has 0 unspecified atom stereocenters. The van der Waals surface area contributed by atoms with Crippen molar-refractivity contribution in [2.24, 2.45) is 0 Å². The molecule has 0 bridgehead atoms. The summed E-state index contributed by atoms with van der Waals surface area (Å²) in [5, 5.41) is 7.86. The Bertz CT molecular complexity index is 1620. The van der Waals surface area contributed by atoms with Gasteiger partial charge in [0.25, 0.3) is 5.91 Å². The van der Waals surface area contributed by atoms with Gasteiger partial charge < -0.3 is 15.1 Å². The first-order valence-electron chi connectivity index (χ1n) is 12.8. The maximum Gasteiger partial charge on any atom is 0.254 e. The average Bonchev–Trinajstić information content (AvgIpc) is 3.31. The van der Waals surface area contributed by atoms with Crippen molar-refractivity contribution >= 4 is 33.1 Å². The van der Waals surface area contributed by atoms with Crippen molar-refractivity contribution in [3.05, 3.63) is 72.4 Å². The van der Waals surface area contributed by atoms with Crippen LogP contribution in [0.4, 0.5) is 11.6 Å². The number of piperazine rings is 1. The summed E-state index contributed by atoms with van der Waals surface area (Å²) in [6.45, 7) is 8.54. The summed E-state index contributed by atoms with van der Waals surface area (Å²) >= 11 is 0. The van der Waals surface area contributed by atoms with Gasteiger partial charge in [-0.3, -0.25) is 4.79 Å². The fourth-order valence-corrected chi connectivity index (χ4v) is 5.98. The average molecular weight is 548 g/mol. The number of hydrogen-bond acceptors (Lipinski definition) is 7. The highest BCUT2D eigenvalue weighted by molar-refractivity contribution is 7.89. The van der Waals surface area contributed by atoms with E-state index in [4.69, 9.17) is 0 Å². The van der Waals surface area contributed by atoms with Crippen LogP contribution in [0.25, 0.3) is 16.8 Å². The van der Waals surface area contributed by atoms with Gasteiger partial charge in [-0.15, -0.1) is 5.10 Å². The number of benzene rings is 2. The molecule has 39 heavy (non-hydrogen) atoms. The molecule has 204 valence electrons. The van der Waals surface area contributed by atoms with Gasteiger partial charge in [0.15, 0.2) is 0 Å². The lowest BCUT2D eigenvalue weighted by atomic mass is 10.1. The van der Waals surface area contributed by atoms with Crippen LogP contribution in [-0.2, 0) is 10.0 Å². The molecule has 1 fully saturated rings. The first-order chi connectivity index (χ1) is 18.5. The molecule has 1 amide bonds. The van der Waals surface area contributed by atoms with E-state index in [0.29, 0.717) is 35.9 Å². The Labute approximate surface area is 228 Å². The number of sulfonamides is 1. The predicted octanol–water partition coefficient (Wildman–Crippen LogP) is 3.60. The van der Waals surface area contributed by atoms with E-state index in [9.17, 15) is 13.2 Å². The summed E-state index contributed by atoms with van der Waals surface area (Å²) < 4.78 is 30.2. The lowest BCUT2D eigenvalue weighted by Crippen LogP contribution is -2.47. The molecule has 0 radical (unpaired) electrons.